The standard InChI is InChI=1S/C38H42ClF2N7O3.C5H10O2/c1-23-7-11-42-33(15-23)31-21-48(34-18-43-35(17-30(31)34)44-24(2)49)20-26-10-12-46(22-38(26,40)41)19-25-8-13-47(14-9-25)27-3-4-28(32(39)16-27)29-5-6-36(50)45-37(29)51;1-6-5-2-3-7-4-5/h3-4,7,11,15-18,21,25-26,29H,5-6,8-10,12-14,19-20,22H2,1-2H3,(H,43,44,49)(H,45,50,51);5H,2-4H2,1H3. The van der Waals surface area contributed by atoms with Crippen LogP contribution in [0.25, 0.3) is 22.2 Å². The van der Waals surface area contributed by atoms with E-state index in [9.17, 15) is 14.4 Å². The Morgan fingerprint density at radius 1 is 1.05 bits per heavy atom. The third-order valence-corrected chi connectivity index (χ3v) is 12.1. The van der Waals surface area contributed by atoms with Gasteiger partial charge in [0.15, 0.2) is 0 Å². The van der Waals surface area contributed by atoms with Gasteiger partial charge in [-0.15, -0.1) is 0 Å². The quantitative estimate of drug-likeness (QED) is 0.175. The molecule has 3 aromatic heterocycles. The number of aryl methyl sites for hydroxylation is 1. The molecule has 58 heavy (non-hydrogen) atoms. The molecule has 4 aliphatic rings. The number of rotatable bonds is 9. The van der Waals surface area contributed by atoms with E-state index in [0.717, 1.165) is 84.5 Å². The lowest BCUT2D eigenvalue weighted by Gasteiger charge is -2.41. The summed E-state index contributed by atoms with van der Waals surface area (Å²) in [6.45, 7) is 7.76. The smallest absolute Gasteiger partial charge is 0.265 e. The minimum Gasteiger partial charge on any atom is -0.379 e. The summed E-state index contributed by atoms with van der Waals surface area (Å²) in [5.74, 6) is -4.24. The van der Waals surface area contributed by atoms with Crippen LogP contribution in [0.3, 0.4) is 0 Å². The molecule has 0 radical (unpaired) electrons. The molecule has 4 fully saturated rings. The van der Waals surface area contributed by atoms with E-state index in [2.05, 4.69) is 25.5 Å². The number of pyridine rings is 2. The maximum absolute atomic E-state index is 15.9. The van der Waals surface area contributed by atoms with Crippen LogP contribution >= 0.6 is 11.6 Å². The van der Waals surface area contributed by atoms with E-state index in [0.29, 0.717) is 55.2 Å². The molecule has 2 N–H and O–H groups in total. The molecule has 12 nitrogen and oxygen atoms in total. The van der Waals surface area contributed by atoms with Crippen LogP contribution in [0.2, 0.25) is 5.02 Å². The second kappa shape index (κ2) is 18.2. The monoisotopic (exact) mass is 819 g/mol. The Hall–Kier alpha value is -4.50. The zero-order valence-electron chi connectivity index (χ0n) is 33.3. The number of amides is 3. The predicted molar refractivity (Wildman–Crippen MR) is 219 cm³/mol. The van der Waals surface area contributed by atoms with Gasteiger partial charge in [-0.2, -0.15) is 0 Å². The second-order valence-electron chi connectivity index (χ2n) is 16.0. The number of anilines is 2. The van der Waals surface area contributed by atoms with Crippen LogP contribution < -0.4 is 15.5 Å². The predicted octanol–water partition coefficient (Wildman–Crippen LogP) is 6.83. The fourth-order valence-electron chi connectivity index (χ4n) is 8.57. The van der Waals surface area contributed by atoms with E-state index in [1.54, 1.807) is 25.6 Å². The molecule has 0 saturated carbocycles. The van der Waals surface area contributed by atoms with Crippen LogP contribution in [0, 0.1) is 18.8 Å². The SMILES string of the molecule is CC(=O)Nc1cc2c(-c3cc(C)ccn3)cn(CC3CCN(CC4CCN(c5ccc(C6CCC(=O)NC6=O)c(Cl)c5)CC4)CC3(F)F)c2cn1.COC1CCOC1. The Labute approximate surface area is 342 Å². The molecule has 3 unspecified atom stereocenters. The second-order valence-corrected chi connectivity index (χ2v) is 16.4. The summed E-state index contributed by atoms with van der Waals surface area (Å²) < 4.78 is 43.7. The van der Waals surface area contributed by atoms with Crippen LogP contribution in [-0.4, -0.2) is 102 Å². The molecular weight excluding hydrogens is 768 g/mol. The van der Waals surface area contributed by atoms with E-state index in [4.69, 9.17) is 21.1 Å². The highest BCUT2D eigenvalue weighted by molar-refractivity contribution is 6.32. The van der Waals surface area contributed by atoms with Crippen molar-refractivity contribution in [2.24, 2.45) is 11.8 Å². The van der Waals surface area contributed by atoms with Gasteiger partial charge in [-0.25, -0.2) is 13.8 Å². The lowest BCUT2D eigenvalue weighted by atomic mass is 9.89. The number of alkyl halides is 2. The van der Waals surface area contributed by atoms with Crippen molar-refractivity contribution in [2.45, 2.75) is 76.9 Å². The van der Waals surface area contributed by atoms with Crippen molar-refractivity contribution in [2.75, 3.05) is 63.3 Å². The first-order valence-electron chi connectivity index (χ1n) is 20.1. The number of fused-ring (bicyclic) bond motifs is 1. The maximum atomic E-state index is 15.9. The van der Waals surface area contributed by atoms with Crippen molar-refractivity contribution in [1.29, 1.82) is 0 Å². The number of benzene rings is 1. The molecule has 4 aliphatic heterocycles. The van der Waals surface area contributed by atoms with Crippen LogP contribution in [0.4, 0.5) is 20.3 Å². The van der Waals surface area contributed by atoms with Crippen molar-refractivity contribution >= 4 is 51.7 Å². The molecule has 1 aromatic carbocycles. The number of nitrogens with zero attached hydrogens (tertiary/aromatic N) is 5. The van der Waals surface area contributed by atoms with Gasteiger partial charge in [0, 0.05) is 93.2 Å². The molecule has 4 aromatic rings. The lowest BCUT2D eigenvalue weighted by molar-refractivity contribution is -0.134. The molecule has 3 atom stereocenters. The molecular formula is C43H52ClF2N7O5. The highest BCUT2D eigenvalue weighted by Crippen LogP contribution is 2.39. The summed E-state index contributed by atoms with van der Waals surface area (Å²) in [6.07, 6.45) is 9.58. The minimum absolute atomic E-state index is 0.146. The molecule has 7 heterocycles. The average Bonchev–Trinajstić information content (AvgIpc) is 3.85. The van der Waals surface area contributed by atoms with Crippen LogP contribution in [0.15, 0.2) is 55.0 Å². The van der Waals surface area contributed by atoms with Crippen LogP contribution in [0.5, 0.6) is 0 Å². The van der Waals surface area contributed by atoms with E-state index in [-0.39, 0.29) is 30.8 Å². The third-order valence-electron chi connectivity index (χ3n) is 11.8. The summed E-state index contributed by atoms with van der Waals surface area (Å²) in [6, 6.07) is 11.4. The largest absolute Gasteiger partial charge is 0.379 e. The first-order chi connectivity index (χ1) is 27.9. The number of imide groups is 1. The van der Waals surface area contributed by atoms with Gasteiger partial charge in [-0.1, -0.05) is 17.7 Å². The number of halogens is 3. The van der Waals surface area contributed by atoms with E-state index < -0.39 is 17.8 Å². The molecule has 15 heteroatoms. The number of hydrogen-bond donors (Lipinski definition) is 2. The first kappa shape index (κ1) is 41.7. The van der Waals surface area contributed by atoms with Crippen molar-refractivity contribution < 1.29 is 32.6 Å². The van der Waals surface area contributed by atoms with Crippen molar-refractivity contribution in [3.8, 4) is 11.3 Å². The number of piperidine rings is 3. The van der Waals surface area contributed by atoms with Crippen LogP contribution in [0.1, 0.15) is 62.5 Å². The number of hydrogen-bond acceptors (Lipinski definition) is 9. The summed E-state index contributed by atoms with van der Waals surface area (Å²) in [7, 11) is 1.72. The molecule has 0 aliphatic carbocycles. The van der Waals surface area contributed by atoms with E-state index in [1.165, 1.54) is 6.92 Å². The molecule has 0 bridgehead atoms. The van der Waals surface area contributed by atoms with Gasteiger partial charge < -0.3 is 24.3 Å². The zero-order valence-corrected chi connectivity index (χ0v) is 34.1. The van der Waals surface area contributed by atoms with Gasteiger partial charge in [0.05, 0.1) is 42.6 Å². The van der Waals surface area contributed by atoms with Gasteiger partial charge in [0.25, 0.3) is 5.92 Å². The first-order valence-corrected chi connectivity index (χ1v) is 20.5. The average molecular weight is 820 g/mol. The fourth-order valence-corrected chi connectivity index (χ4v) is 8.88. The number of nitrogens with one attached hydrogen (secondary N) is 2. The lowest BCUT2D eigenvalue weighted by Crippen LogP contribution is -2.51. The number of ether oxygens (including phenoxy) is 2. The van der Waals surface area contributed by atoms with Gasteiger partial charge in [0.2, 0.25) is 17.7 Å². The Morgan fingerprint density at radius 2 is 1.86 bits per heavy atom. The van der Waals surface area contributed by atoms with Crippen LogP contribution in [-0.2, 0) is 30.4 Å². The molecule has 0 spiro atoms. The zero-order chi connectivity index (χ0) is 41.0. The van der Waals surface area contributed by atoms with Gasteiger partial charge in [0.1, 0.15) is 5.82 Å². The normalized spacial score (nSPS) is 22.7. The Bertz CT molecular complexity index is 2120. The van der Waals surface area contributed by atoms with Gasteiger partial charge in [-0.3, -0.25) is 29.6 Å². The number of carbonyl (C=O) groups excluding carboxylic acids is 3. The summed E-state index contributed by atoms with van der Waals surface area (Å²) in [4.78, 5) is 48.8. The number of methoxy groups -OCH3 is 1. The third kappa shape index (κ3) is 9.85. The Balaban J connectivity index is 0.000000662. The summed E-state index contributed by atoms with van der Waals surface area (Å²) in [5, 5.41) is 6.43. The van der Waals surface area contributed by atoms with Gasteiger partial charge >= 0.3 is 0 Å². The van der Waals surface area contributed by atoms with E-state index >= 15 is 8.78 Å². The number of likely N-dealkylation sites (tertiary alicyclic amines) is 1. The number of carbonyl (C=O) groups is 3. The molecule has 3 amide bonds. The molecule has 4 saturated heterocycles. The molecule has 310 valence electrons. The fraction of sp³-hybridized carbons (Fsp3) is 0.512. The Kier molecular flexibility index (Phi) is 13.1. The van der Waals surface area contributed by atoms with Crippen molar-refractivity contribution in [3.63, 3.8) is 0 Å². The maximum Gasteiger partial charge on any atom is 0.265 e. The summed E-state index contributed by atoms with van der Waals surface area (Å²) >= 11 is 6.63. The summed E-state index contributed by atoms with van der Waals surface area (Å²) in [5.41, 5.74) is 5.00. The highest BCUT2D eigenvalue weighted by atomic mass is 35.5. The number of aromatic nitrogens is 3. The van der Waals surface area contributed by atoms with E-state index in [1.807, 2.05) is 52.9 Å². The minimum atomic E-state index is -2.87. The van der Waals surface area contributed by atoms with Crippen molar-refractivity contribution in [3.05, 3.63) is 71.1 Å². The molecule has 8 rings (SSSR count). The topological polar surface area (TPSA) is 131 Å². The Morgan fingerprint density at radius 3 is 2.52 bits per heavy atom. The van der Waals surface area contributed by atoms with Crippen molar-refractivity contribution in [1.82, 2.24) is 24.8 Å². The highest BCUT2D eigenvalue weighted by Gasteiger charge is 2.45. The van der Waals surface area contributed by atoms with Gasteiger partial charge in [-0.05, 0) is 92.9 Å².